The van der Waals surface area contributed by atoms with Gasteiger partial charge in [-0.3, -0.25) is 4.79 Å². The Bertz CT molecular complexity index is 494. The van der Waals surface area contributed by atoms with E-state index in [0.717, 1.165) is 43.0 Å². The topological polar surface area (TPSA) is 75.1 Å². The van der Waals surface area contributed by atoms with E-state index in [1.807, 2.05) is 13.0 Å². The number of aryl methyl sites for hydroxylation is 1. The highest BCUT2D eigenvalue weighted by molar-refractivity contribution is 5.69. The number of carboxylic acids is 1. The van der Waals surface area contributed by atoms with Gasteiger partial charge in [0, 0.05) is 23.2 Å². The molecule has 20 heavy (non-hydrogen) atoms. The van der Waals surface area contributed by atoms with Crippen LogP contribution in [0.2, 0.25) is 0 Å². The average Bonchev–Trinajstić information content (AvgIpc) is 2.75. The molecule has 2 rings (SSSR count). The quantitative estimate of drug-likeness (QED) is 0.865. The van der Waals surface area contributed by atoms with Crippen molar-refractivity contribution in [3.8, 4) is 0 Å². The third-order valence-corrected chi connectivity index (χ3v) is 3.83. The number of carboxylic acid groups (broad SMARTS) is 1. The lowest BCUT2D eigenvalue weighted by atomic mass is 9.93. The van der Waals surface area contributed by atoms with E-state index in [-0.39, 0.29) is 17.9 Å². The average molecular weight is 277 g/mol. The van der Waals surface area contributed by atoms with Gasteiger partial charge < -0.3 is 10.4 Å². The molecule has 2 N–H and O–H groups in total. The van der Waals surface area contributed by atoms with Crippen molar-refractivity contribution >= 4 is 11.8 Å². The first-order valence-corrected chi connectivity index (χ1v) is 7.26. The van der Waals surface area contributed by atoms with Crippen LogP contribution in [0.1, 0.15) is 63.4 Å². The number of hydrogen-bond donors (Lipinski definition) is 2. The summed E-state index contributed by atoms with van der Waals surface area (Å²) in [7, 11) is 0. The highest BCUT2D eigenvalue weighted by Crippen LogP contribution is 2.35. The standard InChI is InChI=1S/C15H23N3O2/c1-10(2)14-16-11(3)8-12(17-14)18-15(9-13(19)20)6-4-5-7-15/h8,10H,4-7,9H2,1-3H3,(H,19,20)(H,16,17,18). The maximum absolute atomic E-state index is 11.1. The van der Waals surface area contributed by atoms with Crippen LogP contribution in [0.4, 0.5) is 5.82 Å². The number of aliphatic carboxylic acids is 1. The highest BCUT2D eigenvalue weighted by Gasteiger charge is 2.36. The molecule has 0 bridgehead atoms. The second-order valence-electron chi connectivity index (χ2n) is 6.09. The van der Waals surface area contributed by atoms with Gasteiger partial charge in [-0.15, -0.1) is 0 Å². The van der Waals surface area contributed by atoms with Crippen molar-refractivity contribution in [2.45, 2.75) is 64.3 Å². The molecule has 0 atom stereocenters. The molecule has 1 aromatic heterocycles. The van der Waals surface area contributed by atoms with E-state index in [0.29, 0.717) is 0 Å². The van der Waals surface area contributed by atoms with Gasteiger partial charge in [0.25, 0.3) is 0 Å². The van der Waals surface area contributed by atoms with Crippen molar-refractivity contribution in [1.82, 2.24) is 9.97 Å². The molecule has 110 valence electrons. The predicted molar refractivity (Wildman–Crippen MR) is 77.9 cm³/mol. The normalized spacial score (nSPS) is 17.4. The molecule has 0 spiro atoms. The van der Waals surface area contributed by atoms with Crippen LogP contribution in [-0.4, -0.2) is 26.6 Å². The second-order valence-corrected chi connectivity index (χ2v) is 6.09. The summed E-state index contributed by atoms with van der Waals surface area (Å²) in [4.78, 5) is 20.1. The summed E-state index contributed by atoms with van der Waals surface area (Å²) in [5.41, 5.74) is 0.565. The first-order chi connectivity index (χ1) is 9.40. The fourth-order valence-electron chi connectivity index (χ4n) is 2.87. The zero-order chi connectivity index (χ0) is 14.8. The molecule has 5 heteroatoms. The molecule has 5 nitrogen and oxygen atoms in total. The molecule has 0 unspecified atom stereocenters. The van der Waals surface area contributed by atoms with Crippen LogP contribution in [0, 0.1) is 6.92 Å². The Morgan fingerprint density at radius 1 is 1.40 bits per heavy atom. The van der Waals surface area contributed by atoms with Crippen LogP contribution in [0.5, 0.6) is 0 Å². The molecule has 0 aromatic carbocycles. The van der Waals surface area contributed by atoms with Gasteiger partial charge in [-0.1, -0.05) is 26.7 Å². The van der Waals surface area contributed by atoms with Crippen molar-refractivity contribution in [2.75, 3.05) is 5.32 Å². The Balaban J connectivity index is 2.24. The zero-order valence-electron chi connectivity index (χ0n) is 12.4. The summed E-state index contributed by atoms with van der Waals surface area (Å²) in [6.07, 6.45) is 4.06. The summed E-state index contributed by atoms with van der Waals surface area (Å²) < 4.78 is 0. The maximum Gasteiger partial charge on any atom is 0.305 e. The molecule has 0 saturated heterocycles. The van der Waals surface area contributed by atoms with Crippen LogP contribution < -0.4 is 5.32 Å². The van der Waals surface area contributed by atoms with Gasteiger partial charge in [-0.25, -0.2) is 9.97 Å². The SMILES string of the molecule is Cc1cc(NC2(CC(=O)O)CCCC2)nc(C(C)C)n1. The maximum atomic E-state index is 11.1. The monoisotopic (exact) mass is 277 g/mol. The van der Waals surface area contributed by atoms with Crippen LogP contribution in [0.15, 0.2) is 6.07 Å². The Morgan fingerprint density at radius 2 is 2.05 bits per heavy atom. The molecule has 0 aliphatic heterocycles. The summed E-state index contributed by atoms with van der Waals surface area (Å²) in [5.74, 6) is 1.06. The fraction of sp³-hybridized carbons (Fsp3) is 0.667. The lowest BCUT2D eigenvalue weighted by Gasteiger charge is -2.29. The summed E-state index contributed by atoms with van der Waals surface area (Å²) in [5, 5.41) is 12.5. The fourth-order valence-corrected chi connectivity index (χ4v) is 2.87. The Morgan fingerprint density at radius 3 is 2.60 bits per heavy atom. The first kappa shape index (κ1) is 14.8. The summed E-state index contributed by atoms with van der Waals surface area (Å²) in [6.45, 7) is 6.06. The number of anilines is 1. The van der Waals surface area contributed by atoms with Gasteiger partial charge in [0.2, 0.25) is 0 Å². The minimum Gasteiger partial charge on any atom is -0.481 e. The molecular weight excluding hydrogens is 254 g/mol. The van der Waals surface area contributed by atoms with Crippen LogP contribution in [0.25, 0.3) is 0 Å². The summed E-state index contributed by atoms with van der Waals surface area (Å²) in [6, 6.07) is 1.90. The van der Waals surface area contributed by atoms with Crippen molar-refractivity contribution in [1.29, 1.82) is 0 Å². The Labute approximate surface area is 119 Å². The largest absolute Gasteiger partial charge is 0.481 e. The van der Waals surface area contributed by atoms with Crippen molar-refractivity contribution in [3.05, 3.63) is 17.6 Å². The highest BCUT2D eigenvalue weighted by atomic mass is 16.4. The van der Waals surface area contributed by atoms with E-state index >= 15 is 0 Å². The van der Waals surface area contributed by atoms with Gasteiger partial charge >= 0.3 is 5.97 Å². The number of nitrogens with one attached hydrogen (secondary N) is 1. The molecule has 1 heterocycles. The Kier molecular flexibility index (Phi) is 4.26. The molecule has 0 amide bonds. The third kappa shape index (κ3) is 3.46. The van der Waals surface area contributed by atoms with Crippen LogP contribution >= 0.6 is 0 Å². The van der Waals surface area contributed by atoms with Gasteiger partial charge in [0.05, 0.1) is 6.42 Å². The molecule has 1 fully saturated rings. The van der Waals surface area contributed by atoms with Crippen LogP contribution in [-0.2, 0) is 4.79 Å². The van der Waals surface area contributed by atoms with Gasteiger partial charge in [0.15, 0.2) is 0 Å². The number of aromatic nitrogens is 2. The molecule has 0 radical (unpaired) electrons. The third-order valence-electron chi connectivity index (χ3n) is 3.83. The predicted octanol–water partition coefficient (Wildman–Crippen LogP) is 3.11. The second kappa shape index (κ2) is 5.77. The van der Waals surface area contributed by atoms with Gasteiger partial charge in [0.1, 0.15) is 11.6 Å². The van der Waals surface area contributed by atoms with E-state index in [2.05, 4.69) is 29.1 Å². The zero-order valence-corrected chi connectivity index (χ0v) is 12.4. The van der Waals surface area contributed by atoms with Crippen molar-refractivity contribution in [3.63, 3.8) is 0 Å². The van der Waals surface area contributed by atoms with E-state index < -0.39 is 5.97 Å². The van der Waals surface area contributed by atoms with E-state index in [1.165, 1.54) is 0 Å². The van der Waals surface area contributed by atoms with E-state index in [9.17, 15) is 4.79 Å². The van der Waals surface area contributed by atoms with Gasteiger partial charge in [-0.05, 0) is 19.8 Å². The lowest BCUT2D eigenvalue weighted by molar-refractivity contribution is -0.138. The molecule has 1 aromatic rings. The smallest absolute Gasteiger partial charge is 0.305 e. The number of carbonyl (C=O) groups is 1. The molecule has 1 aliphatic carbocycles. The first-order valence-electron chi connectivity index (χ1n) is 7.26. The number of rotatable bonds is 5. The molecular formula is C15H23N3O2. The van der Waals surface area contributed by atoms with Crippen molar-refractivity contribution in [2.24, 2.45) is 0 Å². The van der Waals surface area contributed by atoms with E-state index in [1.54, 1.807) is 0 Å². The number of nitrogens with zero attached hydrogens (tertiary/aromatic N) is 2. The Hall–Kier alpha value is -1.65. The number of hydrogen-bond acceptors (Lipinski definition) is 4. The van der Waals surface area contributed by atoms with Crippen LogP contribution in [0.3, 0.4) is 0 Å². The minimum absolute atomic E-state index is 0.146. The molecule has 1 saturated carbocycles. The van der Waals surface area contributed by atoms with Crippen molar-refractivity contribution < 1.29 is 9.90 Å². The molecule has 1 aliphatic rings. The minimum atomic E-state index is -0.755. The van der Waals surface area contributed by atoms with E-state index in [4.69, 9.17) is 5.11 Å². The summed E-state index contributed by atoms with van der Waals surface area (Å²) >= 11 is 0. The lowest BCUT2D eigenvalue weighted by Crippen LogP contribution is -2.38. The van der Waals surface area contributed by atoms with Gasteiger partial charge in [-0.2, -0.15) is 0 Å².